The molecule has 0 radical (unpaired) electrons. The Morgan fingerprint density at radius 1 is 1.27 bits per heavy atom. The number of carbonyl (C=O) groups is 2. The minimum atomic E-state index is -1.42. The molecule has 4 fully saturated rings. The van der Waals surface area contributed by atoms with Crippen LogP contribution >= 0.6 is 11.8 Å². The van der Waals surface area contributed by atoms with Crippen molar-refractivity contribution in [2.24, 2.45) is 28.6 Å². The van der Waals surface area contributed by atoms with Crippen LogP contribution in [-0.4, -0.2) is 61.1 Å². The van der Waals surface area contributed by atoms with Gasteiger partial charge in [-0.05, 0) is 98.3 Å². The lowest BCUT2D eigenvalue weighted by Gasteiger charge is -2.60. The quantitative estimate of drug-likeness (QED) is 0.370. The number of pyridine rings is 1. The number of allylic oxidation sites excluding steroid dienone is 1. The molecule has 1 aliphatic heterocycles. The largest absolute Gasteiger partial charge is 0.448 e. The number of nitriles is 1. The van der Waals surface area contributed by atoms with E-state index in [-0.39, 0.29) is 34.0 Å². The number of fused-ring (bicyclic) bond motifs is 6. The third-order valence-electron chi connectivity index (χ3n) is 11.6. The van der Waals surface area contributed by atoms with Gasteiger partial charge in [0.25, 0.3) is 0 Å². The van der Waals surface area contributed by atoms with E-state index in [0.717, 1.165) is 42.3 Å². The molecule has 1 saturated heterocycles. The fourth-order valence-electron chi connectivity index (χ4n) is 9.63. The Hall–Kier alpha value is -3.07. The van der Waals surface area contributed by atoms with E-state index in [4.69, 9.17) is 9.47 Å². The van der Waals surface area contributed by atoms with Gasteiger partial charge in [0.2, 0.25) is 11.1 Å². The van der Waals surface area contributed by atoms with Crippen LogP contribution in [0.2, 0.25) is 0 Å². The standard InChI is InChI=1S/C33H37FN4O5S/c1-31-15-19-17-37-38(21-6-8-27(34)36-18-21)24(19)14-20(31)5-7-22-23-9-10-33(30(41)44-13-11-35,32(23,2)16-25(39)28(22)31)43-29(40)26-4-3-12-42-26/h6,8,14,17-18,22-23,25-26,28,39H,3-5,7,9-10,12-13,15-16H2,1-2H3/t22-,23?,25-,26-,28?,31-,32-,33-/m0/s1. The molecule has 0 amide bonds. The van der Waals surface area contributed by atoms with Gasteiger partial charge in [-0.25, -0.2) is 14.5 Å². The van der Waals surface area contributed by atoms with E-state index in [9.17, 15) is 24.3 Å². The van der Waals surface area contributed by atoms with Gasteiger partial charge in [-0.3, -0.25) is 4.79 Å². The normalized spacial score (nSPS) is 37.2. The van der Waals surface area contributed by atoms with Crippen LogP contribution in [0.15, 0.2) is 30.1 Å². The van der Waals surface area contributed by atoms with Gasteiger partial charge >= 0.3 is 5.97 Å². The molecule has 0 bridgehead atoms. The minimum Gasteiger partial charge on any atom is -0.448 e. The summed E-state index contributed by atoms with van der Waals surface area (Å²) in [4.78, 5) is 31.1. The molecule has 2 aromatic heterocycles. The lowest BCUT2D eigenvalue weighted by molar-refractivity contribution is -0.202. The number of aliphatic hydroxyl groups excluding tert-OH is 1. The van der Waals surface area contributed by atoms with E-state index in [0.29, 0.717) is 44.4 Å². The molecular formula is C33H37FN4O5S. The van der Waals surface area contributed by atoms with Gasteiger partial charge in [0.15, 0.2) is 11.7 Å². The van der Waals surface area contributed by atoms with Crippen molar-refractivity contribution in [3.8, 4) is 11.8 Å². The molecule has 3 saturated carbocycles. The lowest BCUT2D eigenvalue weighted by Crippen LogP contribution is -2.63. The SMILES string of the molecule is C[C@]12Cc3cnn(-c4ccc(F)nc4)c3C=C1CC[C@@H]1C2[C@@H](O)C[C@@]2(C)C1CC[C@]2(OC(=O)[C@@H]1CCCO1)C(=O)SCC#N. The predicted octanol–water partition coefficient (Wildman–Crippen LogP) is 4.80. The maximum Gasteiger partial charge on any atom is 0.336 e. The summed E-state index contributed by atoms with van der Waals surface area (Å²) in [5, 5.41) is 25.7. The first-order valence-corrected chi connectivity index (χ1v) is 16.6. The number of ether oxygens (including phenoxy) is 2. The smallest absolute Gasteiger partial charge is 0.336 e. The summed E-state index contributed by atoms with van der Waals surface area (Å²) in [5.74, 6) is -0.936. The second-order valence-corrected chi connectivity index (χ2v) is 14.6. The van der Waals surface area contributed by atoms with Gasteiger partial charge < -0.3 is 14.6 Å². The summed E-state index contributed by atoms with van der Waals surface area (Å²) in [6.45, 7) is 4.75. The number of aliphatic hydroxyl groups is 1. The molecule has 4 aliphatic carbocycles. The van der Waals surface area contributed by atoms with E-state index in [1.807, 2.05) is 19.2 Å². The summed E-state index contributed by atoms with van der Waals surface area (Å²) in [6, 6.07) is 5.03. The summed E-state index contributed by atoms with van der Waals surface area (Å²) in [6.07, 6.45) is 9.25. The summed E-state index contributed by atoms with van der Waals surface area (Å²) in [7, 11) is 0. The molecule has 232 valence electrons. The third kappa shape index (κ3) is 4.31. The van der Waals surface area contributed by atoms with Gasteiger partial charge in [0.05, 0.1) is 41.7 Å². The lowest BCUT2D eigenvalue weighted by atomic mass is 9.45. The van der Waals surface area contributed by atoms with Gasteiger partial charge in [0.1, 0.15) is 0 Å². The van der Waals surface area contributed by atoms with Crippen molar-refractivity contribution in [2.45, 2.75) is 83.0 Å². The zero-order chi connectivity index (χ0) is 30.9. The number of esters is 1. The van der Waals surface area contributed by atoms with Crippen molar-refractivity contribution in [2.75, 3.05) is 12.4 Å². The maximum absolute atomic E-state index is 13.9. The molecule has 44 heavy (non-hydrogen) atoms. The molecule has 5 aliphatic rings. The van der Waals surface area contributed by atoms with Gasteiger partial charge in [-0.2, -0.15) is 14.8 Å². The van der Waals surface area contributed by atoms with Crippen molar-refractivity contribution in [1.82, 2.24) is 14.8 Å². The number of halogens is 1. The van der Waals surface area contributed by atoms with Crippen LogP contribution in [0.25, 0.3) is 11.8 Å². The molecule has 3 heterocycles. The predicted molar refractivity (Wildman–Crippen MR) is 160 cm³/mol. The van der Waals surface area contributed by atoms with E-state index in [1.54, 1.807) is 10.7 Å². The minimum absolute atomic E-state index is 0.0242. The Bertz CT molecular complexity index is 1560. The Morgan fingerprint density at radius 3 is 2.84 bits per heavy atom. The second kappa shape index (κ2) is 10.8. The van der Waals surface area contributed by atoms with E-state index in [1.165, 1.54) is 17.8 Å². The third-order valence-corrected chi connectivity index (χ3v) is 12.4. The van der Waals surface area contributed by atoms with Crippen molar-refractivity contribution in [3.63, 3.8) is 0 Å². The van der Waals surface area contributed by atoms with Gasteiger partial charge in [-0.1, -0.05) is 31.2 Å². The molecule has 8 atom stereocenters. The van der Waals surface area contributed by atoms with Gasteiger partial charge in [-0.15, -0.1) is 0 Å². The van der Waals surface area contributed by atoms with Crippen LogP contribution in [-0.2, 0) is 25.5 Å². The zero-order valence-corrected chi connectivity index (χ0v) is 25.8. The number of carbonyl (C=O) groups excluding carboxylic acids is 2. The summed E-state index contributed by atoms with van der Waals surface area (Å²) < 4.78 is 27.2. The summed E-state index contributed by atoms with van der Waals surface area (Å²) >= 11 is 0.910. The molecule has 11 heteroatoms. The van der Waals surface area contributed by atoms with Crippen LogP contribution in [0.3, 0.4) is 0 Å². The van der Waals surface area contributed by atoms with Crippen LogP contribution in [0.4, 0.5) is 4.39 Å². The van der Waals surface area contributed by atoms with Gasteiger partial charge in [0, 0.05) is 12.0 Å². The number of hydrogen-bond acceptors (Lipinski definition) is 9. The van der Waals surface area contributed by atoms with Crippen molar-refractivity contribution in [1.29, 1.82) is 5.26 Å². The first-order chi connectivity index (χ1) is 21.1. The maximum atomic E-state index is 13.9. The average molecular weight is 621 g/mol. The highest BCUT2D eigenvalue weighted by Gasteiger charge is 2.71. The highest BCUT2D eigenvalue weighted by molar-refractivity contribution is 8.14. The molecule has 0 aromatic carbocycles. The van der Waals surface area contributed by atoms with Crippen molar-refractivity contribution in [3.05, 3.63) is 47.3 Å². The van der Waals surface area contributed by atoms with Crippen LogP contribution in [0.5, 0.6) is 0 Å². The monoisotopic (exact) mass is 620 g/mol. The molecule has 0 spiro atoms. The Balaban J connectivity index is 1.22. The Morgan fingerprint density at radius 2 is 2.11 bits per heavy atom. The Kier molecular flexibility index (Phi) is 7.26. The highest BCUT2D eigenvalue weighted by atomic mass is 32.2. The number of hydrogen-bond donors (Lipinski definition) is 1. The first-order valence-electron chi connectivity index (χ1n) is 15.6. The molecule has 2 aromatic rings. The molecule has 7 rings (SSSR count). The summed E-state index contributed by atoms with van der Waals surface area (Å²) in [5.41, 5.74) is 1.46. The van der Waals surface area contributed by atoms with Crippen LogP contribution < -0.4 is 0 Å². The molecular weight excluding hydrogens is 583 g/mol. The first kappa shape index (κ1) is 29.6. The Labute approximate surface area is 260 Å². The average Bonchev–Trinajstić information content (AvgIpc) is 3.73. The van der Waals surface area contributed by atoms with E-state index >= 15 is 0 Å². The molecule has 2 unspecified atom stereocenters. The number of thioether (sulfide) groups is 1. The highest BCUT2D eigenvalue weighted by Crippen LogP contribution is 2.69. The fourth-order valence-corrected chi connectivity index (χ4v) is 10.4. The van der Waals surface area contributed by atoms with Crippen LogP contribution in [0.1, 0.15) is 70.1 Å². The van der Waals surface area contributed by atoms with Crippen molar-refractivity contribution >= 4 is 28.9 Å². The topological polar surface area (TPSA) is 127 Å². The zero-order valence-electron chi connectivity index (χ0n) is 25.0. The molecule has 1 N–H and O–H groups in total. The van der Waals surface area contributed by atoms with Crippen molar-refractivity contribution < 1.29 is 28.6 Å². The molecule has 9 nitrogen and oxygen atoms in total. The van der Waals surface area contributed by atoms with E-state index < -0.39 is 35.1 Å². The second-order valence-electron chi connectivity index (χ2n) is 13.6. The number of rotatable bonds is 5. The fraction of sp³-hybridized carbons (Fsp3) is 0.606. The van der Waals surface area contributed by atoms with Crippen LogP contribution in [0, 0.1) is 45.9 Å². The number of aromatic nitrogens is 3. The number of nitrogens with zero attached hydrogens (tertiary/aromatic N) is 4. The van der Waals surface area contributed by atoms with E-state index in [2.05, 4.69) is 23.1 Å².